The molecule has 2 aromatic carbocycles. The Bertz CT molecular complexity index is 1180. The highest BCUT2D eigenvalue weighted by atomic mass is 19.1. The lowest BCUT2D eigenvalue weighted by atomic mass is 9.87. The lowest BCUT2D eigenvalue weighted by Gasteiger charge is -2.38. The standard InChI is InChI=1S/C28H30FN3O3/c1-19(2)13-27(34)32-12-10-21-8-9-24(15-25(21)28(32)22-6-3-7-23(29)14-22)35-18-26(33)31-17-20-5-4-11-30-16-20/h3-9,11,14-16,19,28H,10,12-13,17-18H2,1-2H3,(H,31,33). The minimum atomic E-state index is -0.413. The molecule has 1 aliphatic heterocycles. The summed E-state index contributed by atoms with van der Waals surface area (Å²) in [6.45, 7) is 4.82. The van der Waals surface area contributed by atoms with Crippen molar-refractivity contribution in [2.75, 3.05) is 13.2 Å². The molecule has 0 saturated carbocycles. The first-order valence-corrected chi connectivity index (χ1v) is 11.9. The number of hydrogen-bond donors (Lipinski definition) is 1. The van der Waals surface area contributed by atoms with Gasteiger partial charge in [-0.3, -0.25) is 14.6 Å². The van der Waals surface area contributed by atoms with Gasteiger partial charge in [0.15, 0.2) is 6.61 Å². The third kappa shape index (κ3) is 6.23. The Hall–Kier alpha value is -3.74. The van der Waals surface area contributed by atoms with Gasteiger partial charge in [-0.1, -0.05) is 38.1 Å². The molecule has 0 aliphatic carbocycles. The molecule has 7 heteroatoms. The fourth-order valence-corrected chi connectivity index (χ4v) is 4.36. The second-order valence-electron chi connectivity index (χ2n) is 9.18. The average Bonchev–Trinajstić information content (AvgIpc) is 2.85. The Kier molecular flexibility index (Phi) is 7.75. The second-order valence-corrected chi connectivity index (χ2v) is 9.18. The van der Waals surface area contributed by atoms with Crippen molar-refractivity contribution >= 4 is 11.8 Å². The number of nitrogens with zero attached hydrogens (tertiary/aromatic N) is 2. The molecule has 0 radical (unpaired) electrons. The van der Waals surface area contributed by atoms with Gasteiger partial charge in [0.05, 0.1) is 6.04 Å². The number of halogens is 1. The predicted octanol–water partition coefficient (Wildman–Crippen LogP) is 4.44. The average molecular weight is 476 g/mol. The van der Waals surface area contributed by atoms with E-state index < -0.39 is 6.04 Å². The van der Waals surface area contributed by atoms with Crippen LogP contribution in [0.5, 0.6) is 5.75 Å². The van der Waals surface area contributed by atoms with E-state index in [1.165, 1.54) is 12.1 Å². The molecule has 0 fully saturated rings. The Morgan fingerprint density at radius 3 is 2.77 bits per heavy atom. The largest absolute Gasteiger partial charge is 0.484 e. The molecule has 3 aromatic rings. The first-order valence-electron chi connectivity index (χ1n) is 11.9. The maximum absolute atomic E-state index is 14.1. The zero-order valence-corrected chi connectivity index (χ0v) is 20.0. The van der Waals surface area contributed by atoms with Crippen molar-refractivity contribution in [3.05, 3.63) is 95.1 Å². The van der Waals surface area contributed by atoms with E-state index in [-0.39, 0.29) is 30.2 Å². The number of fused-ring (bicyclic) bond motifs is 1. The first kappa shape index (κ1) is 24.4. The van der Waals surface area contributed by atoms with E-state index in [9.17, 15) is 14.0 Å². The third-order valence-corrected chi connectivity index (χ3v) is 6.00. The molecule has 2 heterocycles. The number of hydrogen-bond acceptors (Lipinski definition) is 4. The van der Waals surface area contributed by atoms with Crippen LogP contribution in [-0.4, -0.2) is 34.8 Å². The van der Waals surface area contributed by atoms with Gasteiger partial charge in [-0.05, 0) is 64.9 Å². The minimum Gasteiger partial charge on any atom is -0.484 e. The number of carbonyl (C=O) groups is 2. The molecule has 0 spiro atoms. The van der Waals surface area contributed by atoms with Gasteiger partial charge >= 0.3 is 0 Å². The summed E-state index contributed by atoms with van der Waals surface area (Å²) in [5.41, 5.74) is 3.60. The van der Waals surface area contributed by atoms with Crippen LogP contribution in [0.4, 0.5) is 4.39 Å². The molecule has 1 atom stereocenters. The molecule has 182 valence electrons. The van der Waals surface area contributed by atoms with Crippen LogP contribution in [0.15, 0.2) is 67.0 Å². The number of rotatable bonds is 8. The Morgan fingerprint density at radius 1 is 1.17 bits per heavy atom. The number of amides is 2. The second kappa shape index (κ2) is 11.1. The van der Waals surface area contributed by atoms with E-state index in [4.69, 9.17) is 4.74 Å². The fourth-order valence-electron chi connectivity index (χ4n) is 4.36. The highest BCUT2D eigenvalue weighted by Crippen LogP contribution is 2.38. The van der Waals surface area contributed by atoms with Crippen LogP contribution in [0.1, 0.15) is 48.6 Å². The predicted molar refractivity (Wildman–Crippen MR) is 131 cm³/mol. The molecule has 1 aromatic heterocycles. The molecule has 1 aliphatic rings. The number of nitrogens with one attached hydrogen (secondary N) is 1. The topological polar surface area (TPSA) is 71.5 Å². The minimum absolute atomic E-state index is 0.0426. The molecular weight excluding hydrogens is 445 g/mol. The van der Waals surface area contributed by atoms with E-state index in [0.29, 0.717) is 31.7 Å². The zero-order valence-electron chi connectivity index (χ0n) is 20.0. The first-order chi connectivity index (χ1) is 16.9. The van der Waals surface area contributed by atoms with Gasteiger partial charge in [0.25, 0.3) is 5.91 Å². The number of benzene rings is 2. The number of ether oxygens (including phenoxy) is 1. The summed E-state index contributed by atoms with van der Waals surface area (Å²) in [6, 6.07) is 15.3. The smallest absolute Gasteiger partial charge is 0.258 e. The zero-order chi connectivity index (χ0) is 24.8. The Labute approximate surface area is 205 Å². The van der Waals surface area contributed by atoms with Gasteiger partial charge in [-0.2, -0.15) is 0 Å². The van der Waals surface area contributed by atoms with Crippen molar-refractivity contribution < 1.29 is 18.7 Å². The Balaban J connectivity index is 1.53. The van der Waals surface area contributed by atoms with Crippen LogP contribution < -0.4 is 10.1 Å². The SMILES string of the molecule is CC(C)CC(=O)N1CCc2ccc(OCC(=O)NCc3cccnc3)cc2C1c1cccc(F)c1. The fraction of sp³-hybridized carbons (Fsp3) is 0.321. The van der Waals surface area contributed by atoms with Crippen molar-refractivity contribution in [2.24, 2.45) is 5.92 Å². The van der Waals surface area contributed by atoms with Crippen LogP contribution in [0.25, 0.3) is 0 Å². The van der Waals surface area contributed by atoms with Crippen molar-refractivity contribution in [1.82, 2.24) is 15.2 Å². The van der Waals surface area contributed by atoms with Crippen molar-refractivity contribution in [3.8, 4) is 5.75 Å². The molecule has 1 unspecified atom stereocenters. The highest BCUT2D eigenvalue weighted by Gasteiger charge is 2.32. The molecular formula is C28H30FN3O3. The summed E-state index contributed by atoms with van der Waals surface area (Å²) in [5.74, 6) is 0.198. The third-order valence-electron chi connectivity index (χ3n) is 6.00. The molecule has 4 rings (SSSR count). The van der Waals surface area contributed by atoms with Crippen LogP contribution in [0, 0.1) is 11.7 Å². The maximum atomic E-state index is 14.1. The van der Waals surface area contributed by atoms with Gasteiger partial charge in [0, 0.05) is 31.9 Å². The number of aromatic nitrogens is 1. The molecule has 35 heavy (non-hydrogen) atoms. The normalized spacial score (nSPS) is 15.0. The van der Waals surface area contributed by atoms with Gasteiger partial charge in [0.1, 0.15) is 11.6 Å². The molecule has 0 bridgehead atoms. The molecule has 2 amide bonds. The monoisotopic (exact) mass is 475 g/mol. The van der Waals surface area contributed by atoms with Crippen LogP contribution >= 0.6 is 0 Å². The summed E-state index contributed by atoms with van der Waals surface area (Å²) in [4.78, 5) is 31.3. The van der Waals surface area contributed by atoms with Crippen LogP contribution in [0.2, 0.25) is 0 Å². The van der Waals surface area contributed by atoms with Crippen LogP contribution in [0.3, 0.4) is 0 Å². The Morgan fingerprint density at radius 2 is 2.03 bits per heavy atom. The molecule has 6 nitrogen and oxygen atoms in total. The lowest BCUT2D eigenvalue weighted by Crippen LogP contribution is -2.41. The number of carbonyl (C=O) groups excluding carboxylic acids is 2. The van der Waals surface area contributed by atoms with Gasteiger partial charge in [0.2, 0.25) is 5.91 Å². The van der Waals surface area contributed by atoms with E-state index in [1.54, 1.807) is 18.5 Å². The molecule has 0 saturated heterocycles. The van der Waals surface area contributed by atoms with Crippen LogP contribution in [-0.2, 0) is 22.6 Å². The van der Waals surface area contributed by atoms with E-state index in [1.807, 2.05) is 55.1 Å². The van der Waals surface area contributed by atoms with E-state index in [0.717, 1.165) is 22.3 Å². The van der Waals surface area contributed by atoms with Gasteiger partial charge in [-0.25, -0.2) is 4.39 Å². The van der Waals surface area contributed by atoms with Crippen molar-refractivity contribution in [2.45, 2.75) is 39.3 Å². The summed E-state index contributed by atoms with van der Waals surface area (Å²) >= 11 is 0. The summed E-state index contributed by atoms with van der Waals surface area (Å²) < 4.78 is 19.9. The number of pyridine rings is 1. The quantitative estimate of drug-likeness (QED) is 0.523. The van der Waals surface area contributed by atoms with Crippen molar-refractivity contribution in [3.63, 3.8) is 0 Å². The lowest BCUT2D eigenvalue weighted by molar-refractivity contribution is -0.134. The summed E-state index contributed by atoms with van der Waals surface area (Å²) in [7, 11) is 0. The summed E-state index contributed by atoms with van der Waals surface area (Å²) in [6.07, 6.45) is 4.51. The molecule has 1 N–H and O–H groups in total. The highest BCUT2D eigenvalue weighted by molar-refractivity contribution is 5.78. The van der Waals surface area contributed by atoms with Gasteiger partial charge in [-0.15, -0.1) is 0 Å². The van der Waals surface area contributed by atoms with E-state index >= 15 is 0 Å². The van der Waals surface area contributed by atoms with Crippen molar-refractivity contribution in [1.29, 1.82) is 0 Å². The summed E-state index contributed by atoms with van der Waals surface area (Å²) in [5, 5.41) is 2.81. The van der Waals surface area contributed by atoms with E-state index in [2.05, 4.69) is 10.3 Å². The maximum Gasteiger partial charge on any atom is 0.258 e. The van der Waals surface area contributed by atoms with Gasteiger partial charge < -0.3 is 15.0 Å².